The second kappa shape index (κ2) is 7.59. The Morgan fingerprint density at radius 1 is 1.08 bits per heavy atom. The van der Waals surface area contributed by atoms with Gasteiger partial charge in [0, 0.05) is 12.0 Å². The number of primary amides is 1. The van der Waals surface area contributed by atoms with Crippen LogP contribution in [0.4, 0.5) is 13.2 Å². The number of aryl methyl sites for hydroxylation is 2. The van der Waals surface area contributed by atoms with E-state index in [-0.39, 0.29) is 12.0 Å². The first-order chi connectivity index (χ1) is 12.1. The average Bonchev–Trinajstić information content (AvgIpc) is 2.52. The lowest BCUT2D eigenvalue weighted by molar-refractivity contribution is -0.138. The van der Waals surface area contributed by atoms with Crippen molar-refractivity contribution in [2.45, 2.75) is 32.5 Å². The summed E-state index contributed by atoms with van der Waals surface area (Å²) >= 11 is 0. The zero-order valence-electron chi connectivity index (χ0n) is 14.4. The van der Waals surface area contributed by atoms with Crippen molar-refractivity contribution in [3.63, 3.8) is 0 Å². The van der Waals surface area contributed by atoms with Gasteiger partial charge in [0.1, 0.15) is 6.04 Å². The van der Waals surface area contributed by atoms with Crippen molar-refractivity contribution in [1.82, 2.24) is 5.32 Å². The first-order valence-electron chi connectivity index (χ1n) is 7.91. The smallest absolute Gasteiger partial charge is 0.368 e. The van der Waals surface area contributed by atoms with Gasteiger partial charge >= 0.3 is 6.18 Å². The van der Waals surface area contributed by atoms with Crippen LogP contribution in [-0.2, 0) is 17.4 Å². The maximum Gasteiger partial charge on any atom is 0.416 e. The number of nitrogens with one attached hydrogen (secondary N) is 1. The van der Waals surface area contributed by atoms with E-state index in [0.717, 1.165) is 17.2 Å². The summed E-state index contributed by atoms with van der Waals surface area (Å²) in [6.45, 7) is 3.63. The minimum absolute atomic E-state index is 0.107. The minimum atomic E-state index is -4.56. The molecule has 2 rings (SSSR count). The molecule has 2 amide bonds. The standard InChI is InChI=1S/C19H19F3N2O2/c1-11-7-12(2)9-14(8-11)18(26)24-16(17(23)25)10-13-5-3-4-6-15(13)19(20,21)22/h3-9,16H,10H2,1-2H3,(H2,23,25)(H,24,26)/t16-/m0/s1. The van der Waals surface area contributed by atoms with Crippen LogP contribution in [0.2, 0.25) is 0 Å². The summed E-state index contributed by atoms with van der Waals surface area (Å²) in [5, 5.41) is 2.43. The van der Waals surface area contributed by atoms with E-state index in [2.05, 4.69) is 5.32 Å². The SMILES string of the molecule is Cc1cc(C)cc(C(=O)N[C@@H](Cc2ccccc2C(F)(F)F)C(N)=O)c1. The molecule has 26 heavy (non-hydrogen) atoms. The van der Waals surface area contributed by atoms with Crippen molar-refractivity contribution in [3.8, 4) is 0 Å². The number of hydrogen-bond donors (Lipinski definition) is 2. The number of hydrogen-bond acceptors (Lipinski definition) is 2. The van der Waals surface area contributed by atoms with Gasteiger partial charge in [0.2, 0.25) is 5.91 Å². The van der Waals surface area contributed by atoms with Crippen LogP contribution in [0.5, 0.6) is 0 Å². The third kappa shape index (κ3) is 4.84. The molecule has 0 aromatic heterocycles. The molecule has 0 saturated heterocycles. The summed E-state index contributed by atoms with van der Waals surface area (Å²) in [7, 11) is 0. The van der Waals surface area contributed by atoms with Gasteiger partial charge in [-0.15, -0.1) is 0 Å². The predicted molar refractivity (Wildman–Crippen MR) is 91.5 cm³/mol. The van der Waals surface area contributed by atoms with Crippen LogP contribution in [0, 0.1) is 13.8 Å². The topological polar surface area (TPSA) is 72.2 Å². The van der Waals surface area contributed by atoms with Crippen LogP contribution in [0.15, 0.2) is 42.5 Å². The fourth-order valence-electron chi connectivity index (χ4n) is 2.76. The molecule has 0 heterocycles. The highest BCUT2D eigenvalue weighted by atomic mass is 19.4. The summed E-state index contributed by atoms with van der Waals surface area (Å²) < 4.78 is 39.3. The molecule has 0 saturated carbocycles. The zero-order chi connectivity index (χ0) is 19.5. The summed E-state index contributed by atoms with van der Waals surface area (Å²) in [5.41, 5.74) is 6.36. The molecular formula is C19H19F3N2O2. The van der Waals surface area contributed by atoms with Crippen LogP contribution < -0.4 is 11.1 Å². The Kier molecular flexibility index (Phi) is 5.69. The van der Waals surface area contributed by atoms with Crippen molar-refractivity contribution in [1.29, 1.82) is 0 Å². The highest BCUT2D eigenvalue weighted by Crippen LogP contribution is 2.32. The molecule has 0 bridgehead atoms. The minimum Gasteiger partial charge on any atom is -0.368 e. The van der Waals surface area contributed by atoms with E-state index in [1.54, 1.807) is 12.1 Å². The molecule has 0 aliphatic carbocycles. The Bertz CT molecular complexity index is 812. The lowest BCUT2D eigenvalue weighted by Gasteiger charge is -2.19. The molecule has 0 fully saturated rings. The lowest BCUT2D eigenvalue weighted by Crippen LogP contribution is -2.46. The van der Waals surface area contributed by atoms with E-state index in [9.17, 15) is 22.8 Å². The van der Waals surface area contributed by atoms with Gasteiger partial charge in [-0.2, -0.15) is 13.2 Å². The van der Waals surface area contributed by atoms with E-state index in [0.29, 0.717) is 5.56 Å². The molecule has 0 spiro atoms. The molecule has 3 N–H and O–H groups in total. The highest BCUT2D eigenvalue weighted by molar-refractivity contribution is 5.97. The van der Waals surface area contributed by atoms with Crippen molar-refractivity contribution in [2.24, 2.45) is 5.73 Å². The van der Waals surface area contributed by atoms with E-state index in [1.165, 1.54) is 18.2 Å². The quantitative estimate of drug-likeness (QED) is 0.856. The molecule has 2 aromatic rings. The fourth-order valence-corrected chi connectivity index (χ4v) is 2.76. The second-order valence-corrected chi connectivity index (χ2v) is 6.16. The van der Waals surface area contributed by atoms with Gasteiger partial charge in [-0.1, -0.05) is 35.4 Å². The molecule has 7 heteroatoms. The average molecular weight is 364 g/mol. The summed E-state index contributed by atoms with van der Waals surface area (Å²) in [4.78, 5) is 24.1. The number of alkyl halides is 3. The van der Waals surface area contributed by atoms with Gasteiger partial charge in [-0.05, 0) is 37.6 Å². The molecule has 4 nitrogen and oxygen atoms in total. The van der Waals surface area contributed by atoms with Crippen LogP contribution in [0.3, 0.4) is 0 Å². The molecule has 1 atom stereocenters. The van der Waals surface area contributed by atoms with Crippen molar-refractivity contribution in [3.05, 3.63) is 70.3 Å². The van der Waals surface area contributed by atoms with Gasteiger partial charge in [-0.3, -0.25) is 9.59 Å². The van der Waals surface area contributed by atoms with Crippen molar-refractivity contribution in [2.75, 3.05) is 0 Å². The first-order valence-corrected chi connectivity index (χ1v) is 7.91. The number of carbonyl (C=O) groups excluding carboxylic acids is 2. The van der Waals surface area contributed by atoms with Crippen LogP contribution in [0.1, 0.15) is 32.6 Å². The number of amides is 2. The van der Waals surface area contributed by atoms with Gasteiger partial charge in [0.25, 0.3) is 5.91 Å². The molecular weight excluding hydrogens is 345 g/mol. The van der Waals surface area contributed by atoms with E-state index in [1.807, 2.05) is 19.9 Å². The van der Waals surface area contributed by atoms with Gasteiger partial charge in [0.05, 0.1) is 5.56 Å². The maximum atomic E-state index is 13.1. The number of halogens is 3. The molecule has 0 radical (unpaired) electrons. The third-order valence-corrected chi connectivity index (χ3v) is 3.88. The van der Waals surface area contributed by atoms with E-state index < -0.39 is 29.6 Å². The summed E-state index contributed by atoms with van der Waals surface area (Å²) in [5.74, 6) is -1.47. The number of rotatable bonds is 5. The Morgan fingerprint density at radius 2 is 1.65 bits per heavy atom. The Labute approximate surface area is 149 Å². The third-order valence-electron chi connectivity index (χ3n) is 3.88. The maximum absolute atomic E-state index is 13.1. The second-order valence-electron chi connectivity index (χ2n) is 6.16. The molecule has 0 unspecified atom stereocenters. The largest absolute Gasteiger partial charge is 0.416 e. The Hall–Kier alpha value is -2.83. The Morgan fingerprint density at radius 3 is 2.19 bits per heavy atom. The van der Waals surface area contributed by atoms with Crippen LogP contribution in [0.25, 0.3) is 0 Å². The predicted octanol–water partition coefficient (Wildman–Crippen LogP) is 3.15. The highest BCUT2D eigenvalue weighted by Gasteiger charge is 2.34. The number of nitrogens with two attached hydrogens (primary N) is 1. The molecule has 2 aromatic carbocycles. The number of benzene rings is 2. The molecule has 138 valence electrons. The summed E-state index contributed by atoms with van der Waals surface area (Å²) in [6.07, 6.45) is -4.90. The normalized spacial score (nSPS) is 12.5. The van der Waals surface area contributed by atoms with Gasteiger partial charge in [-0.25, -0.2) is 0 Å². The van der Waals surface area contributed by atoms with E-state index >= 15 is 0 Å². The van der Waals surface area contributed by atoms with Crippen molar-refractivity contribution < 1.29 is 22.8 Å². The number of carbonyl (C=O) groups is 2. The van der Waals surface area contributed by atoms with Crippen LogP contribution >= 0.6 is 0 Å². The Balaban J connectivity index is 2.26. The van der Waals surface area contributed by atoms with Crippen molar-refractivity contribution >= 4 is 11.8 Å². The molecule has 0 aliphatic heterocycles. The first kappa shape index (κ1) is 19.5. The summed E-state index contributed by atoms with van der Waals surface area (Å²) in [6, 6.07) is 8.78. The van der Waals surface area contributed by atoms with Gasteiger partial charge < -0.3 is 11.1 Å². The lowest BCUT2D eigenvalue weighted by atomic mass is 9.99. The van der Waals surface area contributed by atoms with Gasteiger partial charge in [0.15, 0.2) is 0 Å². The van der Waals surface area contributed by atoms with E-state index in [4.69, 9.17) is 5.73 Å². The fraction of sp³-hybridized carbons (Fsp3) is 0.263. The zero-order valence-corrected chi connectivity index (χ0v) is 14.4. The van der Waals surface area contributed by atoms with Crippen LogP contribution in [-0.4, -0.2) is 17.9 Å². The monoisotopic (exact) mass is 364 g/mol. The molecule has 0 aliphatic rings.